The van der Waals surface area contributed by atoms with Gasteiger partial charge in [0.25, 0.3) is 0 Å². The summed E-state index contributed by atoms with van der Waals surface area (Å²) in [6.07, 6.45) is 0. The van der Waals surface area contributed by atoms with Crippen molar-refractivity contribution in [2.75, 3.05) is 30.3 Å². The van der Waals surface area contributed by atoms with E-state index in [-0.39, 0.29) is 0 Å². The first-order valence-electron chi connectivity index (χ1n) is 6.36. The zero-order valence-electron chi connectivity index (χ0n) is 11.4. The Bertz CT molecular complexity index is 350. The van der Waals surface area contributed by atoms with Crippen molar-refractivity contribution in [3.8, 4) is 5.75 Å². The van der Waals surface area contributed by atoms with Gasteiger partial charge in [0.2, 0.25) is 0 Å². The van der Waals surface area contributed by atoms with E-state index in [0.29, 0.717) is 12.5 Å². The van der Waals surface area contributed by atoms with Gasteiger partial charge in [-0.25, -0.2) is 0 Å². The molecule has 0 bridgehead atoms. The van der Waals surface area contributed by atoms with Crippen molar-refractivity contribution in [2.24, 2.45) is 5.92 Å². The van der Waals surface area contributed by atoms with Crippen LogP contribution in [0.15, 0.2) is 18.2 Å². The Morgan fingerprint density at radius 1 is 1.29 bits per heavy atom. The Morgan fingerprint density at radius 3 is 2.53 bits per heavy atom. The summed E-state index contributed by atoms with van der Waals surface area (Å²) in [4.78, 5) is 2.29. The van der Waals surface area contributed by atoms with Gasteiger partial charge in [-0.15, -0.1) is 0 Å². The van der Waals surface area contributed by atoms with Crippen molar-refractivity contribution in [1.82, 2.24) is 0 Å². The molecule has 0 atom stereocenters. The van der Waals surface area contributed by atoms with E-state index in [1.807, 2.05) is 19.1 Å². The Kier molecular flexibility index (Phi) is 5.13. The summed E-state index contributed by atoms with van der Waals surface area (Å²) in [6.45, 7) is 11.2. The topological polar surface area (TPSA) is 38.5 Å². The third-order valence-corrected chi connectivity index (χ3v) is 2.65. The van der Waals surface area contributed by atoms with Crippen LogP contribution in [0.4, 0.5) is 11.4 Å². The fourth-order valence-corrected chi connectivity index (χ4v) is 1.93. The molecule has 0 aromatic heterocycles. The van der Waals surface area contributed by atoms with Gasteiger partial charge in [0.05, 0.1) is 18.0 Å². The van der Waals surface area contributed by atoms with Crippen molar-refractivity contribution >= 4 is 11.4 Å². The van der Waals surface area contributed by atoms with Crippen LogP contribution in [0.25, 0.3) is 0 Å². The summed E-state index contributed by atoms with van der Waals surface area (Å²) in [5.41, 5.74) is 7.98. The van der Waals surface area contributed by atoms with E-state index in [4.69, 9.17) is 10.5 Å². The van der Waals surface area contributed by atoms with Crippen LogP contribution >= 0.6 is 0 Å². The van der Waals surface area contributed by atoms with Crippen molar-refractivity contribution in [3.63, 3.8) is 0 Å². The van der Waals surface area contributed by atoms with Gasteiger partial charge < -0.3 is 15.4 Å². The summed E-state index contributed by atoms with van der Waals surface area (Å²) in [5.74, 6) is 1.40. The van der Waals surface area contributed by atoms with E-state index < -0.39 is 0 Å². The van der Waals surface area contributed by atoms with E-state index in [1.54, 1.807) is 0 Å². The van der Waals surface area contributed by atoms with Crippen molar-refractivity contribution in [1.29, 1.82) is 0 Å². The van der Waals surface area contributed by atoms with Gasteiger partial charge in [-0.2, -0.15) is 0 Å². The molecule has 0 amide bonds. The van der Waals surface area contributed by atoms with Gasteiger partial charge in [0, 0.05) is 13.1 Å². The van der Waals surface area contributed by atoms with E-state index in [9.17, 15) is 0 Å². The van der Waals surface area contributed by atoms with Gasteiger partial charge in [0.15, 0.2) is 0 Å². The van der Waals surface area contributed by atoms with Crippen LogP contribution in [-0.2, 0) is 0 Å². The molecular formula is C14H24N2O. The number of rotatable bonds is 6. The summed E-state index contributed by atoms with van der Waals surface area (Å²) in [5, 5.41) is 0. The van der Waals surface area contributed by atoms with Crippen LogP contribution in [0.5, 0.6) is 5.75 Å². The van der Waals surface area contributed by atoms with Gasteiger partial charge in [-0.1, -0.05) is 19.9 Å². The zero-order valence-corrected chi connectivity index (χ0v) is 11.4. The summed E-state index contributed by atoms with van der Waals surface area (Å²) < 4.78 is 5.53. The quantitative estimate of drug-likeness (QED) is 0.771. The van der Waals surface area contributed by atoms with E-state index in [2.05, 4.69) is 31.7 Å². The molecule has 96 valence electrons. The molecule has 0 aliphatic heterocycles. The number of nitrogens with zero attached hydrogens (tertiary/aromatic N) is 1. The van der Waals surface area contributed by atoms with Gasteiger partial charge in [-0.05, 0) is 31.9 Å². The van der Waals surface area contributed by atoms with Gasteiger partial charge in [0.1, 0.15) is 5.75 Å². The second kappa shape index (κ2) is 6.38. The molecule has 2 N–H and O–H groups in total. The second-order valence-electron chi connectivity index (χ2n) is 4.55. The minimum absolute atomic E-state index is 0.616. The first-order chi connectivity index (χ1) is 8.10. The lowest BCUT2D eigenvalue weighted by atomic mass is 10.1. The molecule has 17 heavy (non-hydrogen) atoms. The van der Waals surface area contributed by atoms with E-state index in [0.717, 1.165) is 30.2 Å². The highest BCUT2D eigenvalue weighted by Gasteiger charge is 2.12. The Labute approximate surface area is 105 Å². The minimum atomic E-state index is 0.616. The van der Waals surface area contributed by atoms with E-state index in [1.165, 1.54) is 0 Å². The minimum Gasteiger partial charge on any atom is -0.492 e. The molecule has 0 aliphatic rings. The highest BCUT2D eigenvalue weighted by molar-refractivity contribution is 5.74. The Hall–Kier alpha value is -1.38. The van der Waals surface area contributed by atoms with Gasteiger partial charge in [-0.3, -0.25) is 0 Å². The SMILES string of the molecule is CCOc1cccc(N(CC)CC(C)C)c1N. The summed E-state index contributed by atoms with van der Waals surface area (Å²) >= 11 is 0. The van der Waals surface area contributed by atoms with E-state index >= 15 is 0 Å². The predicted octanol–water partition coefficient (Wildman–Crippen LogP) is 3.15. The fraction of sp³-hybridized carbons (Fsp3) is 0.571. The first-order valence-corrected chi connectivity index (χ1v) is 6.36. The molecule has 3 heteroatoms. The molecule has 0 radical (unpaired) electrons. The monoisotopic (exact) mass is 236 g/mol. The molecular weight excluding hydrogens is 212 g/mol. The first kappa shape index (κ1) is 13.7. The van der Waals surface area contributed by atoms with Gasteiger partial charge >= 0.3 is 0 Å². The lowest BCUT2D eigenvalue weighted by Gasteiger charge is -2.27. The smallest absolute Gasteiger partial charge is 0.144 e. The third-order valence-electron chi connectivity index (χ3n) is 2.65. The number of anilines is 2. The van der Waals surface area contributed by atoms with Crippen LogP contribution in [0, 0.1) is 5.92 Å². The maximum absolute atomic E-state index is 6.15. The maximum atomic E-state index is 6.15. The molecule has 0 aliphatic carbocycles. The number of nitrogen functional groups attached to an aromatic ring is 1. The average Bonchev–Trinajstić information content (AvgIpc) is 2.29. The largest absolute Gasteiger partial charge is 0.492 e. The number of hydrogen-bond donors (Lipinski definition) is 1. The molecule has 1 aromatic rings. The lowest BCUT2D eigenvalue weighted by molar-refractivity contribution is 0.342. The number of para-hydroxylation sites is 1. The molecule has 0 heterocycles. The van der Waals surface area contributed by atoms with Crippen LogP contribution in [-0.4, -0.2) is 19.7 Å². The highest BCUT2D eigenvalue weighted by Crippen LogP contribution is 2.32. The lowest BCUT2D eigenvalue weighted by Crippen LogP contribution is -2.28. The average molecular weight is 236 g/mol. The fourth-order valence-electron chi connectivity index (χ4n) is 1.93. The molecule has 0 spiro atoms. The number of benzene rings is 1. The standard InChI is InChI=1S/C14H24N2O/c1-5-16(10-11(3)4)12-8-7-9-13(14(12)15)17-6-2/h7-9,11H,5-6,10,15H2,1-4H3. The predicted molar refractivity (Wildman–Crippen MR) is 74.7 cm³/mol. The molecule has 0 unspecified atom stereocenters. The Morgan fingerprint density at radius 2 is 2.00 bits per heavy atom. The highest BCUT2D eigenvalue weighted by atomic mass is 16.5. The zero-order chi connectivity index (χ0) is 12.8. The summed E-state index contributed by atoms with van der Waals surface area (Å²) in [7, 11) is 0. The van der Waals surface area contributed by atoms with Crippen LogP contribution in [0.1, 0.15) is 27.7 Å². The van der Waals surface area contributed by atoms with Crippen molar-refractivity contribution in [2.45, 2.75) is 27.7 Å². The second-order valence-corrected chi connectivity index (χ2v) is 4.55. The molecule has 0 saturated heterocycles. The van der Waals surface area contributed by atoms with Crippen molar-refractivity contribution < 1.29 is 4.74 Å². The normalized spacial score (nSPS) is 10.6. The van der Waals surface area contributed by atoms with Crippen LogP contribution < -0.4 is 15.4 Å². The molecule has 3 nitrogen and oxygen atoms in total. The molecule has 1 aromatic carbocycles. The Balaban J connectivity index is 2.98. The molecule has 0 fully saturated rings. The maximum Gasteiger partial charge on any atom is 0.144 e. The van der Waals surface area contributed by atoms with Crippen molar-refractivity contribution in [3.05, 3.63) is 18.2 Å². The van der Waals surface area contributed by atoms with Crippen LogP contribution in [0.3, 0.4) is 0 Å². The third kappa shape index (κ3) is 3.55. The number of hydrogen-bond acceptors (Lipinski definition) is 3. The molecule has 0 saturated carbocycles. The molecule has 1 rings (SSSR count). The number of ether oxygens (including phenoxy) is 1. The summed E-state index contributed by atoms with van der Waals surface area (Å²) in [6, 6.07) is 5.98. The number of nitrogens with two attached hydrogens (primary N) is 1. The van der Waals surface area contributed by atoms with Crippen LogP contribution in [0.2, 0.25) is 0 Å².